The van der Waals surface area contributed by atoms with Gasteiger partial charge in [-0.05, 0) is 116 Å². The van der Waals surface area contributed by atoms with E-state index < -0.39 is 30.2 Å². The Morgan fingerprint density at radius 3 is 1.82 bits per heavy atom. The van der Waals surface area contributed by atoms with E-state index in [0.29, 0.717) is 21.3 Å². The Morgan fingerprint density at radius 2 is 1.39 bits per heavy atom. The van der Waals surface area contributed by atoms with Crippen LogP contribution in [-0.2, 0) is 14.3 Å². The molecule has 3 N–H and O–H groups in total. The van der Waals surface area contributed by atoms with E-state index >= 15 is 0 Å². The van der Waals surface area contributed by atoms with Gasteiger partial charge in [-0.25, -0.2) is 4.79 Å². The minimum Gasteiger partial charge on any atom is -0.479 e. The van der Waals surface area contributed by atoms with E-state index in [1.807, 2.05) is 71.0 Å². The average molecular weight is 583 g/mol. The van der Waals surface area contributed by atoms with E-state index in [-0.39, 0.29) is 0 Å². The zero-order chi connectivity index (χ0) is 28.5. The summed E-state index contributed by atoms with van der Waals surface area (Å²) >= 11 is 3.67. The molecular formula is C31H36BrNO5. The molecule has 202 valence electrons. The largest absolute Gasteiger partial charge is 0.479 e. The molecule has 0 aliphatic carbocycles. The summed E-state index contributed by atoms with van der Waals surface area (Å²) in [5.41, 5.74) is 8.35. The lowest BCUT2D eigenvalue weighted by atomic mass is 9.84. The number of halogens is 1. The first kappa shape index (κ1) is 29.6. The summed E-state index contributed by atoms with van der Waals surface area (Å²) < 4.78 is 6.50. The number of hydrogen-bond acceptors (Lipinski definition) is 4. The smallest absolute Gasteiger partial charge is 0.337 e. The first-order valence-corrected chi connectivity index (χ1v) is 13.3. The van der Waals surface area contributed by atoms with Gasteiger partial charge in [0.05, 0.1) is 11.3 Å². The number of carbonyl (C=O) groups excluding carboxylic acids is 1. The van der Waals surface area contributed by atoms with Crippen molar-refractivity contribution in [3.05, 3.63) is 74.3 Å². The number of aliphatic carboxylic acids is 1. The zero-order valence-corrected chi connectivity index (χ0v) is 24.8. The van der Waals surface area contributed by atoms with Gasteiger partial charge in [-0.3, -0.25) is 4.79 Å². The molecule has 0 aliphatic heterocycles. The highest BCUT2D eigenvalue weighted by Crippen LogP contribution is 2.49. The molecule has 0 heterocycles. The van der Waals surface area contributed by atoms with Crippen LogP contribution in [-0.4, -0.2) is 34.3 Å². The first-order chi connectivity index (χ1) is 17.7. The van der Waals surface area contributed by atoms with Crippen molar-refractivity contribution in [2.24, 2.45) is 0 Å². The summed E-state index contributed by atoms with van der Waals surface area (Å²) in [7, 11) is 0. The molecule has 0 aromatic heterocycles. The van der Waals surface area contributed by atoms with Gasteiger partial charge < -0.3 is 20.3 Å². The summed E-state index contributed by atoms with van der Waals surface area (Å²) in [6.07, 6.45) is -1.33. The van der Waals surface area contributed by atoms with Crippen LogP contribution in [0.4, 0.5) is 5.69 Å². The minimum absolute atomic E-state index is 0.385. The van der Waals surface area contributed by atoms with Crippen molar-refractivity contribution in [1.29, 1.82) is 0 Å². The van der Waals surface area contributed by atoms with Crippen LogP contribution in [0.3, 0.4) is 0 Å². The monoisotopic (exact) mass is 581 g/mol. The predicted octanol–water partition coefficient (Wildman–Crippen LogP) is 7.20. The van der Waals surface area contributed by atoms with Crippen molar-refractivity contribution >= 4 is 33.5 Å². The summed E-state index contributed by atoms with van der Waals surface area (Å²) in [6, 6.07) is 12.1. The van der Waals surface area contributed by atoms with Crippen LogP contribution in [0.15, 0.2) is 40.9 Å². The highest BCUT2D eigenvalue weighted by atomic mass is 79.9. The van der Waals surface area contributed by atoms with Gasteiger partial charge in [0.15, 0.2) is 6.10 Å². The number of rotatable bonds is 7. The van der Waals surface area contributed by atoms with Gasteiger partial charge in [-0.15, -0.1) is 0 Å². The zero-order valence-electron chi connectivity index (χ0n) is 23.2. The Hall–Kier alpha value is -3.00. The van der Waals surface area contributed by atoms with Crippen molar-refractivity contribution in [2.75, 3.05) is 11.9 Å². The standard InChI is InChI=1S/C31H36BrNO5/c1-16-9-11-21(13-18(16)3)24-20(5)25(22-12-10-17(2)19(4)14-22)28(33-23(35)15-34)27(32)26(24)29(30(36)37)38-31(6,7)8/h9-14,29,34H,15H2,1-8H3,(H,33,35)(H,36,37). The predicted molar refractivity (Wildman–Crippen MR) is 156 cm³/mol. The highest BCUT2D eigenvalue weighted by Gasteiger charge is 2.35. The molecular weight excluding hydrogens is 546 g/mol. The van der Waals surface area contributed by atoms with Crippen LogP contribution in [0.5, 0.6) is 0 Å². The van der Waals surface area contributed by atoms with E-state index in [9.17, 15) is 19.8 Å². The number of amides is 1. The second kappa shape index (κ2) is 11.4. The molecule has 0 aliphatic rings. The van der Waals surface area contributed by atoms with Gasteiger partial charge in [-0.1, -0.05) is 36.4 Å². The molecule has 3 aromatic rings. The molecule has 3 rings (SSSR count). The number of aliphatic hydroxyl groups excluding tert-OH is 1. The summed E-state index contributed by atoms with van der Waals surface area (Å²) in [5.74, 6) is -1.76. The highest BCUT2D eigenvalue weighted by molar-refractivity contribution is 9.10. The molecule has 6 nitrogen and oxygen atoms in total. The van der Waals surface area contributed by atoms with Crippen LogP contribution < -0.4 is 5.32 Å². The number of carbonyl (C=O) groups is 2. The lowest BCUT2D eigenvalue weighted by molar-refractivity contribution is -0.160. The molecule has 0 bridgehead atoms. The quantitative estimate of drug-likeness (QED) is 0.274. The lowest BCUT2D eigenvalue weighted by Crippen LogP contribution is -2.28. The van der Waals surface area contributed by atoms with Gasteiger partial charge in [0, 0.05) is 15.6 Å². The van der Waals surface area contributed by atoms with Crippen molar-refractivity contribution in [2.45, 2.75) is 67.1 Å². The van der Waals surface area contributed by atoms with Crippen molar-refractivity contribution < 1.29 is 24.5 Å². The number of carboxylic acid groups (broad SMARTS) is 1. The molecule has 1 unspecified atom stereocenters. The molecule has 0 fully saturated rings. The lowest BCUT2D eigenvalue weighted by Gasteiger charge is -2.30. The molecule has 0 saturated heterocycles. The van der Waals surface area contributed by atoms with Crippen molar-refractivity contribution in [1.82, 2.24) is 0 Å². The third-order valence-corrected chi connectivity index (χ3v) is 7.51. The fourth-order valence-corrected chi connectivity index (χ4v) is 5.23. The Balaban J connectivity index is 2.56. The summed E-state index contributed by atoms with van der Waals surface area (Å²) in [5, 5.41) is 22.7. The van der Waals surface area contributed by atoms with Gasteiger partial charge in [0.25, 0.3) is 0 Å². The van der Waals surface area contributed by atoms with Crippen LogP contribution in [0.25, 0.3) is 22.3 Å². The number of ether oxygens (including phenoxy) is 1. The Kier molecular flexibility index (Phi) is 8.86. The van der Waals surface area contributed by atoms with Gasteiger partial charge in [-0.2, -0.15) is 0 Å². The van der Waals surface area contributed by atoms with Gasteiger partial charge >= 0.3 is 5.97 Å². The van der Waals surface area contributed by atoms with Crippen LogP contribution in [0, 0.1) is 34.6 Å². The van der Waals surface area contributed by atoms with Crippen molar-refractivity contribution in [3.8, 4) is 22.3 Å². The molecule has 1 atom stereocenters. The molecule has 0 saturated carbocycles. The molecule has 7 heteroatoms. The van der Waals surface area contributed by atoms with Crippen LogP contribution in [0.1, 0.15) is 60.3 Å². The molecule has 38 heavy (non-hydrogen) atoms. The van der Waals surface area contributed by atoms with Crippen LogP contribution in [0.2, 0.25) is 0 Å². The topological polar surface area (TPSA) is 95.9 Å². The van der Waals surface area contributed by atoms with Gasteiger partial charge in [0.2, 0.25) is 5.91 Å². The normalized spacial score (nSPS) is 12.4. The summed E-state index contributed by atoms with van der Waals surface area (Å²) in [6.45, 7) is 14.7. The van der Waals surface area contributed by atoms with Crippen molar-refractivity contribution in [3.63, 3.8) is 0 Å². The van der Waals surface area contributed by atoms with E-state index in [1.54, 1.807) is 20.8 Å². The van der Waals surface area contributed by atoms with Gasteiger partial charge in [0.1, 0.15) is 6.61 Å². The molecule has 1 amide bonds. The second-order valence-electron chi connectivity index (χ2n) is 10.7. The maximum absolute atomic E-state index is 12.7. The average Bonchev–Trinajstić information content (AvgIpc) is 2.82. The number of hydrogen-bond donors (Lipinski definition) is 3. The Morgan fingerprint density at radius 1 is 0.895 bits per heavy atom. The maximum atomic E-state index is 12.7. The molecule has 0 radical (unpaired) electrons. The number of aryl methyl sites for hydroxylation is 4. The SMILES string of the molecule is Cc1ccc(-c2c(C)c(-c3ccc(C)c(C)c3)c(C(OC(C)(C)C)C(=O)O)c(Br)c2NC(=O)CO)cc1C. The number of carboxylic acids is 1. The van der Waals surface area contributed by atoms with E-state index in [0.717, 1.165) is 44.5 Å². The van der Waals surface area contributed by atoms with E-state index in [1.165, 1.54) is 0 Å². The van der Waals surface area contributed by atoms with E-state index in [4.69, 9.17) is 4.74 Å². The Labute approximate surface area is 233 Å². The number of aliphatic hydroxyl groups is 1. The number of nitrogens with one attached hydrogen (secondary N) is 1. The van der Waals surface area contributed by atoms with E-state index in [2.05, 4.69) is 21.2 Å². The third kappa shape index (κ3) is 6.17. The van der Waals surface area contributed by atoms with Crippen LogP contribution >= 0.6 is 15.9 Å². The first-order valence-electron chi connectivity index (χ1n) is 12.5. The fourth-order valence-electron chi connectivity index (χ4n) is 4.52. The second-order valence-corrected chi connectivity index (χ2v) is 11.5. The molecule has 3 aromatic carbocycles. The molecule has 0 spiro atoms. The Bertz CT molecular complexity index is 1400. The third-order valence-electron chi connectivity index (χ3n) is 6.68. The minimum atomic E-state index is -1.33. The fraction of sp³-hybridized carbons (Fsp3) is 0.355. The number of anilines is 1. The number of benzene rings is 3. The maximum Gasteiger partial charge on any atom is 0.337 e. The summed E-state index contributed by atoms with van der Waals surface area (Å²) in [4.78, 5) is 25.2.